The summed E-state index contributed by atoms with van der Waals surface area (Å²) >= 11 is 1.48. The number of thiophene rings is 1. The Balaban J connectivity index is 1.85. The molecule has 0 saturated heterocycles. The number of hydrogen-bond acceptors (Lipinski definition) is 7. The summed E-state index contributed by atoms with van der Waals surface area (Å²) in [6.45, 7) is 5.28. The first-order valence-electron chi connectivity index (χ1n) is 6.58. The number of carbonyl (C=O) groups is 1. The third-order valence-electron chi connectivity index (χ3n) is 3.04. The van der Waals surface area contributed by atoms with Crippen LogP contribution in [-0.2, 0) is 5.54 Å². The summed E-state index contributed by atoms with van der Waals surface area (Å²) in [4.78, 5) is 21.5. The van der Waals surface area contributed by atoms with Gasteiger partial charge in [0.2, 0.25) is 5.89 Å². The van der Waals surface area contributed by atoms with Gasteiger partial charge in [-0.15, -0.1) is 11.3 Å². The zero-order valence-corrected chi connectivity index (χ0v) is 13.1. The van der Waals surface area contributed by atoms with Crippen molar-refractivity contribution < 1.29 is 13.7 Å². The molecule has 1 N–H and O–H groups in total. The van der Waals surface area contributed by atoms with Gasteiger partial charge in [-0.25, -0.2) is 4.98 Å². The summed E-state index contributed by atoms with van der Waals surface area (Å²) in [5, 5.41) is 8.61. The summed E-state index contributed by atoms with van der Waals surface area (Å²) in [6, 6.07) is 3.76. The van der Waals surface area contributed by atoms with Crippen LogP contribution in [0.15, 0.2) is 32.8 Å². The minimum absolute atomic E-state index is 0.232. The topological polar surface area (TPSA) is 94.1 Å². The van der Waals surface area contributed by atoms with E-state index in [1.165, 1.54) is 17.7 Å². The second-order valence-corrected chi connectivity index (χ2v) is 6.17. The van der Waals surface area contributed by atoms with Crippen LogP contribution in [-0.4, -0.2) is 21.0 Å². The molecular formula is C14H14N4O3S. The first kappa shape index (κ1) is 14.5. The van der Waals surface area contributed by atoms with Crippen molar-refractivity contribution in [1.82, 2.24) is 20.4 Å². The minimum Gasteiger partial charge on any atom is -0.442 e. The van der Waals surface area contributed by atoms with Crippen LogP contribution in [0.25, 0.3) is 10.6 Å². The highest BCUT2D eigenvalue weighted by atomic mass is 32.1. The van der Waals surface area contributed by atoms with E-state index < -0.39 is 5.54 Å². The van der Waals surface area contributed by atoms with Gasteiger partial charge in [0.25, 0.3) is 5.91 Å². The summed E-state index contributed by atoms with van der Waals surface area (Å²) in [6.07, 6.45) is 1.26. The number of aromatic nitrogens is 3. The molecule has 1 amide bonds. The van der Waals surface area contributed by atoms with Crippen LogP contribution in [0.4, 0.5) is 0 Å². The van der Waals surface area contributed by atoms with Crippen molar-refractivity contribution >= 4 is 17.2 Å². The van der Waals surface area contributed by atoms with E-state index in [0.29, 0.717) is 17.5 Å². The molecule has 0 fully saturated rings. The smallest absolute Gasteiger partial charge is 0.274 e. The lowest BCUT2D eigenvalue weighted by atomic mass is 10.0. The Kier molecular flexibility index (Phi) is 3.53. The van der Waals surface area contributed by atoms with Crippen molar-refractivity contribution in [1.29, 1.82) is 0 Å². The average molecular weight is 318 g/mol. The molecule has 0 saturated carbocycles. The Morgan fingerprint density at radius 3 is 2.86 bits per heavy atom. The molecule has 7 nitrogen and oxygen atoms in total. The highest BCUT2D eigenvalue weighted by molar-refractivity contribution is 7.13. The van der Waals surface area contributed by atoms with Gasteiger partial charge in [0.15, 0.2) is 23.7 Å². The standard InChI is InChI=1S/C14H14N4O3S/c1-8-16-13(18-21-8)14(2,3)17-12(19)10-11(20-7-15-10)9-5-4-6-22-9/h4-7H,1-3H3,(H,17,19). The Hall–Kier alpha value is -2.48. The average Bonchev–Trinajstić information content (AvgIpc) is 3.18. The first-order chi connectivity index (χ1) is 10.5. The van der Waals surface area contributed by atoms with Crippen LogP contribution in [0.2, 0.25) is 0 Å². The Morgan fingerprint density at radius 1 is 1.41 bits per heavy atom. The first-order valence-corrected chi connectivity index (χ1v) is 7.46. The molecule has 0 aliphatic heterocycles. The Morgan fingerprint density at radius 2 is 2.23 bits per heavy atom. The van der Waals surface area contributed by atoms with E-state index in [4.69, 9.17) is 8.94 Å². The molecule has 0 bridgehead atoms. The molecule has 3 aromatic rings. The third kappa shape index (κ3) is 2.64. The SMILES string of the molecule is Cc1nc(C(C)(C)NC(=O)c2ncoc2-c2cccs2)no1. The molecule has 0 aliphatic carbocycles. The molecule has 22 heavy (non-hydrogen) atoms. The van der Waals surface area contributed by atoms with Crippen LogP contribution in [0.5, 0.6) is 0 Å². The number of nitrogens with one attached hydrogen (secondary N) is 1. The molecule has 3 heterocycles. The maximum absolute atomic E-state index is 12.5. The van der Waals surface area contributed by atoms with Gasteiger partial charge in [0, 0.05) is 6.92 Å². The molecule has 0 spiro atoms. The fourth-order valence-corrected chi connectivity index (χ4v) is 2.66. The van der Waals surface area contributed by atoms with Crippen molar-refractivity contribution in [3.05, 3.63) is 41.3 Å². The van der Waals surface area contributed by atoms with E-state index in [0.717, 1.165) is 4.88 Å². The molecule has 0 aromatic carbocycles. The fourth-order valence-electron chi connectivity index (χ4n) is 1.94. The maximum atomic E-state index is 12.5. The number of hydrogen-bond donors (Lipinski definition) is 1. The normalized spacial score (nSPS) is 11.6. The lowest BCUT2D eigenvalue weighted by Crippen LogP contribution is -2.42. The maximum Gasteiger partial charge on any atom is 0.274 e. The predicted molar refractivity (Wildman–Crippen MR) is 79.3 cm³/mol. The van der Waals surface area contributed by atoms with Gasteiger partial charge >= 0.3 is 0 Å². The van der Waals surface area contributed by atoms with Crippen LogP contribution in [0.3, 0.4) is 0 Å². The van der Waals surface area contributed by atoms with Gasteiger partial charge in [-0.05, 0) is 25.3 Å². The van der Waals surface area contributed by atoms with E-state index in [2.05, 4.69) is 20.4 Å². The van der Waals surface area contributed by atoms with Gasteiger partial charge in [0.05, 0.1) is 10.4 Å². The highest BCUT2D eigenvalue weighted by Crippen LogP contribution is 2.28. The van der Waals surface area contributed by atoms with Crippen LogP contribution in [0, 0.1) is 6.92 Å². The number of aryl methyl sites for hydroxylation is 1. The second kappa shape index (κ2) is 5.38. The predicted octanol–water partition coefficient (Wildman–Crippen LogP) is 2.76. The van der Waals surface area contributed by atoms with Crippen molar-refractivity contribution in [2.45, 2.75) is 26.3 Å². The molecule has 114 valence electrons. The summed E-state index contributed by atoms with van der Waals surface area (Å²) in [7, 11) is 0. The minimum atomic E-state index is -0.791. The van der Waals surface area contributed by atoms with Crippen LogP contribution < -0.4 is 5.32 Å². The summed E-state index contributed by atoms with van der Waals surface area (Å²) in [5.41, 5.74) is -0.559. The summed E-state index contributed by atoms with van der Waals surface area (Å²) < 4.78 is 10.3. The number of oxazole rings is 1. The highest BCUT2D eigenvalue weighted by Gasteiger charge is 2.31. The van der Waals surface area contributed by atoms with Crippen molar-refractivity contribution in [2.24, 2.45) is 0 Å². The number of amides is 1. The molecule has 3 rings (SSSR count). The van der Waals surface area contributed by atoms with Gasteiger partial charge in [-0.1, -0.05) is 11.2 Å². The Labute approximate surface area is 130 Å². The zero-order valence-electron chi connectivity index (χ0n) is 12.3. The van der Waals surface area contributed by atoms with Crippen LogP contribution >= 0.6 is 11.3 Å². The molecule has 0 atom stereocenters. The van der Waals surface area contributed by atoms with E-state index >= 15 is 0 Å². The van der Waals surface area contributed by atoms with Gasteiger partial charge in [-0.2, -0.15) is 4.98 Å². The number of carbonyl (C=O) groups excluding carboxylic acids is 1. The molecule has 0 radical (unpaired) electrons. The number of nitrogens with zero attached hydrogens (tertiary/aromatic N) is 3. The zero-order chi connectivity index (χ0) is 15.7. The molecule has 0 unspecified atom stereocenters. The molecule has 3 aromatic heterocycles. The van der Waals surface area contributed by atoms with Crippen molar-refractivity contribution in [2.75, 3.05) is 0 Å². The lowest BCUT2D eigenvalue weighted by molar-refractivity contribution is 0.0903. The second-order valence-electron chi connectivity index (χ2n) is 5.22. The quantitative estimate of drug-likeness (QED) is 0.795. The van der Waals surface area contributed by atoms with E-state index in [1.54, 1.807) is 20.8 Å². The lowest BCUT2D eigenvalue weighted by Gasteiger charge is -2.21. The van der Waals surface area contributed by atoms with Gasteiger partial charge in [-0.3, -0.25) is 4.79 Å². The van der Waals surface area contributed by atoms with Gasteiger partial charge < -0.3 is 14.3 Å². The van der Waals surface area contributed by atoms with E-state index in [1.807, 2.05) is 17.5 Å². The molecular weight excluding hydrogens is 304 g/mol. The third-order valence-corrected chi connectivity index (χ3v) is 3.91. The van der Waals surface area contributed by atoms with Crippen molar-refractivity contribution in [3.8, 4) is 10.6 Å². The fraction of sp³-hybridized carbons (Fsp3) is 0.286. The largest absolute Gasteiger partial charge is 0.442 e. The number of rotatable bonds is 4. The summed E-state index contributed by atoms with van der Waals surface area (Å²) in [5.74, 6) is 0.940. The molecule has 8 heteroatoms. The Bertz CT molecular complexity index is 789. The van der Waals surface area contributed by atoms with E-state index in [-0.39, 0.29) is 11.6 Å². The van der Waals surface area contributed by atoms with Gasteiger partial charge in [0.1, 0.15) is 0 Å². The van der Waals surface area contributed by atoms with Crippen LogP contribution in [0.1, 0.15) is 36.1 Å². The van der Waals surface area contributed by atoms with Crippen molar-refractivity contribution in [3.63, 3.8) is 0 Å². The molecule has 0 aliphatic rings. The van der Waals surface area contributed by atoms with E-state index in [9.17, 15) is 4.79 Å². The monoisotopic (exact) mass is 318 g/mol.